The van der Waals surface area contributed by atoms with Crippen LogP contribution in [0.15, 0.2) is 34.1 Å². The number of anilines is 1. The number of hydrogen-bond donors (Lipinski definition) is 1. The highest BCUT2D eigenvalue weighted by atomic mass is 32.2. The second-order valence-corrected chi connectivity index (χ2v) is 12.0. The number of aliphatic hydroxyl groups is 1. The number of rotatable bonds is 6. The van der Waals surface area contributed by atoms with Crippen molar-refractivity contribution in [2.75, 3.05) is 50.8 Å². The van der Waals surface area contributed by atoms with Crippen LogP contribution in [0.25, 0.3) is 0 Å². The smallest absolute Gasteiger partial charge is 0.379 e. The van der Waals surface area contributed by atoms with Crippen LogP contribution in [-0.2, 0) is 20.4 Å². The van der Waals surface area contributed by atoms with Crippen LogP contribution < -0.4 is 4.90 Å². The van der Waals surface area contributed by atoms with Crippen molar-refractivity contribution < 1.29 is 31.4 Å². The van der Waals surface area contributed by atoms with Gasteiger partial charge in [-0.25, -0.2) is 18.4 Å². The molecule has 2 aliphatic rings. The molecule has 0 amide bonds. The number of thiophene rings is 1. The fourth-order valence-electron chi connectivity index (χ4n) is 4.19. The maximum Gasteiger partial charge on any atom is 0.421 e. The lowest BCUT2D eigenvalue weighted by Crippen LogP contribution is -2.60. The van der Waals surface area contributed by atoms with E-state index in [0.717, 1.165) is 23.7 Å². The van der Waals surface area contributed by atoms with Gasteiger partial charge in [0.2, 0.25) is 5.95 Å². The van der Waals surface area contributed by atoms with E-state index in [-0.39, 0.29) is 41.9 Å². The van der Waals surface area contributed by atoms with Crippen LogP contribution in [0.2, 0.25) is 0 Å². The van der Waals surface area contributed by atoms with Crippen molar-refractivity contribution in [3.05, 3.63) is 35.5 Å². The van der Waals surface area contributed by atoms with Crippen LogP contribution in [0.4, 0.5) is 19.1 Å². The van der Waals surface area contributed by atoms with E-state index in [1.54, 1.807) is 17.5 Å². The highest BCUT2D eigenvalue weighted by Gasteiger charge is 2.51. The standard InChI is InChI=1S/C21H28F3N5O4S2/c1-15-14-33-8-7-27(15)12-17-13-28(35(31,32)18-4-3-9-34-18)5-6-29(17)19-25-10-16(11-26-19)20(2,30)21(22,23)24/h3-4,9-11,15,17,30H,5-8,12-14H2,1-2H3/t15-,17-,20-/m0/s1. The molecule has 2 aliphatic heterocycles. The lowest BCUT2D eigenvalue weighted by molar-refractivity contribution is -0.259. The van der Waals surface area contributed by atoms with Crippen molar-refractivity contribution in [3.63, 3.8) is 0 Å². The molecule has 0 saturated carbocycles. The predicted octanol–water partition coefficient (Wildman–Crippen LogP) is 1.91. The Morgan fingerprint density at radius 1 is 1.23 bits per heavy atom. The Bertz CT molecular complexity index is 1100. The molecule has 9 nitrogen and oxygen atoms in total. The first-order chi connectivity index (χ1) is 16.4. The zero-order valence-corrected chi connectivity index (χ0v) is 21.0. The average molecular weight is 536 g/mol. The molecule has 0 aromatic carbocycles. The summed E-state index contributed by atoms with van der Waals surface area (Å²) in [5, 5.41) is 11.6. The van der Waals surface area contributed by atoms with E-state index in [0.29, 0.717) is 33.2 Å². The van der Waals surface area contributed by atoms with Crippen molar-refractivity contribution in [1.29, 1.82) is 0 Å². The molecule has 2 aromatic rings. The van der Waals surface area contributed by atoms with E-state index in [1.165, 1.54) is 4.31 Å². The number of morpholine rings is 1. The maximum absolute atomic E-state index is 13.2. The fourth-order valence-corrected chi connectivity index (χ4v) is 6.80. The molecule has 1 N–H and O–H groups in total. The van der Waals surface area contributed by atoms with Crippen LogP contribution in [0.3, 0.4) is 0 Å². The van der Waals surface area contributed by atoms with Crippen molar-refractivity contribution in [2.45, 2.75) is 41.9 Å². The average Bonchev–Trinajstić information content (AvgIpc) is 3.36. The Hall–Kier alpha value is -1.84. The number of alkyl halides is 3. The summed E-state index contributed by atoms with van der Waals surface area (Å²) in [6, 6.07) is 3.04. The molecule has 2 fully saturated rings. The molecule has 4 heterocycles. The zero-order chi connectivity index (χ0) is 25.4. The van der Waals surface area contributed by atoms with Gasteiger partial charge in [0.25, 0.3) is 10.0 Å². The van der Waals surface area contributed by atoms with Gasteiger partial charge in [-0.1, -0.05) is 6.07 Å². The van der Waals surface area contributed by atoms with Gasteiger partial charge in [-0.05, 0) is 25.3 Å². The van der Waals surface area contributed by atoms with Gasteiger partial charge in [-0.3, -0.25) is 4.90 Å². The molecule has 0 spiro atoms. The molecule has 35 heavy (non-hydrogen) atoms. The first kappa shape index (κ1) is 26.2. The molecule has 2 aromatic heterocycles. The Morgan fingerprint density at radius 2 is 1.94 bits per heavy atom. The number of hydrogen-bond acceptors (Lipinski definition) is 9. The highest BCUT2D eigenvalue weighted by molar-refractivity contribution is 7.91. The number of aromatic nitrogens is 2. The van der Waals surface area contributed by atoms with E-state index in [1.807, 2.05) is 11.8 Å². The van der Waals surface area contributed by atoms with Crippen molar-refractivity contribution in [1.82, 2.24) is 19.2 Å². The number of sulfonamides is 1. The molecule has 0 radical (unpaired) electrons. The molecule has 194 valence electrons. The number of halogens is 3. The number of ether oxygens (including phenoxy) is 1. The molecular weight excluding hydrogens is 507 g/mol. The van der Waals surface area contributed by atoms with Crippen LogP contribution in [0.5, 0.6) is 0 Å². The molecule has 0 bridgehead atoms. The molecular formula is C21H28F3N5O4S2. The van der Waals surface area contributed by atoms with Crippen molar-refractivity contribution in [2.24, 2.45) is 0 Å². The summed E-state index contributed by atoms with van der Waals surface area (Å²) in [7, 11) is -3.67. The Morgan fingerprint density at radius 3 is 2.54 bits per heavy atom. The molecule has 0 aliphatic carbocycles. The lowest BCUT2D eigenvalue weighted by atomic mass is 9.99. The molecule has 2 saturated heterocycles. The van der Waals surface area contributed by atoms with Gasteiger partial charge in [0, 0.05) is 56.7 Å². The number of piperazine rings is 1. The quantitative estimate of drug-likeness (QED) is 0.599. The lowest BCUT2D eigenvalue weighted by Gasteiger charge is -2.44. The van der Waals surface area contributed by atoms with Gasteiger partial charge in [0.15, 0.2) is 5.60 Å². The van der Waals surface area contributed by atoms with Crippen molar-refractivity contribution in [3.8, 4) is 0 Å². The second-order valence-electron chi connectivity index (χ2n) is 8.90. The summed E-state index contributed by atoms with van der Waals surface area (Å²) < 4.78 is 73.2. The summed E-state index contributed by atoms with van der Waals surface area (Å²) >= 11 is 1.15. The predicted molar refractivity (Wildman–Crippen MR) is 124 cm³/mol. The zero-order valence-electron chi connectivity index (χ0n) is 19.3. The Kier molecular flexibility index (Phi) is 7.42. The van der Waals surface area contributed by atoms with Gasteiger partial charge in [-0.2, -0.15) is 17.5 Å². The van der Waals surface area contributed by atoms with E-state index < -0.39 is 27.4 Å². The minimum atomic E-state index is -4.88. The van der Waals surface area contributed by atoms with E-state index in [2.05, 4.69) is 14.9 Å². The fraction of sp³-hybridized carbons (Fsp3) is 0.619. The third-order valence-electron chi connectivity index (χ3n) is 6.49. The molecule has 14 heteroatoms. The van der Waals surface area contributed by atoms with E-state index >= 15 is 0 Å². The SMILES string of the molecule is C[C@H]1COCCN1C[C@H]1CN(S(=O)(=O)c2cccs2)CCN1c1ncc([C@](C)(O)C(F)(F)F)cn1. The summed E-state index contributed by atoms with van der Waals surface area (Å²) in [6.07, 6.45) is -2.94. The highest BCUT2D eigenvalue weighted by Crippen LogP contribution is 2.38. The minimum Gasteiger partial charge on any atom is -0.379 e. The van der Waals surface area contributed by atoms with Gasteiger partial charge in [0.05, 0.1) is 19.3 Å². The van der Waals surface area contributed by atoms with Crippen LogP contribution >= 0.6 is 11.3 Å². The minimum absolute atomic E-state index is 0.125. The van der Waals surface area contributed by atoms with Gasteiger partial charge in [-0.15, -0.1) is 11.3 Å². The van der Waals surface area contributed by atoms with Gasteiger partial charge >= 0.3 is 6.18 Å². The van der Waals surface area contributed by atoms with E-state index in [9.17, 15) is 26.7 Å². The Labute approximate surface area is 206 Å². The first-order valence-corrected chi connectivity index (χ1v) is 13.5. The normalized spacial score (nSPS) is 24.9. The van der Waals surface area contributed by atoms with Gasteiger partial charge < -0.3 is 14.7 Å². The summed E-state index contributed by atoms with van der Waals surface area (Å²) in [4.78, 5) is 12.3. The van der Waals surface area contributed by atoms with Crippen LogP contribution in [0, 0.1) is 0 Å². The van der Waals surface area contributed by atoms with Crippen LogP contribution in [0.1, 0.15) is 19.4 Å². The summed E-state index contributed by atoms with van der Waals surface area (Å²) in [6.45, 7) is 5.61. The molecule has 4 rings (SSSR count). The molecule has 3 atom stereocenters. The third-order valence-corrected chi connectivity index (χ3v) is 9.73. The first-order valence-electron chi connectivity index (χ1n) is 11.1. The summed E-state index contributed by atoms with van der Waals surface area (Å²) in [5.41, 5.74) is -3.55. The van der Waals surface area contributed by atoms with E-state index in [4.69, 9.17) is 4.74 Å². The largest absolute Gasteiger partial charge is 0.421 e. The summed E-state index contributed by atoms with van der Waals surface area (Å²) in [5.74, 6) is 0.186. The monoisotopic (exact) mass is 535 g/mol. The maximum atomic E-state index is 13.2. The third kappa shape index (κ3) is 5.32. The molecule has 0 unspecified atom stereocenters. The Balaban J connectivity index is 1.60. The van der Waals surface area contributed by atoms with Gasteiger partial charge in [0.1, 0.15) is 4.21 Å². The van der Waals surface area contributed by atoms with Crippen molar-refractivity contribution >= 4 is 27.3 Å². The van der Waals surface area contributed by atoms with Crippen LogP contribution in [-0.4, -0.2) is 96.9 Å². The topological polar surface area (TPSA) is 99.1 Å². The number of nitrogens with zero attached hydrogens (tertiary/aromatic N) is 5. The second kappa shape index (κ2) is 9.90.